The van der Waals surface area contributed by atoms with Crippen molar-refractivity contribution in [1.29, 1.82) is 0 Å². The fraction of sp³-hybridized carbons (Fsp3) is 0.409. The van der Waals surface area contributed by atoms with Crippen LogP contribution in [0.5, 0.6) is 0 Å². The van der Waals surface area contributed by atoms with Gasteiger partial charge in [0.2, 0.25) is 9.23 Å². The Balaban J connectivity index is 0.000000175. The fourth-order valence-electron chi connectivity index (χ4n) is 12.6. The van der Waals surface area contributed by atoms with Crippen molar-refractivity contribution >= 4 is 126 Å². The number of rotatable bonds is 4. The summed E-state index contributed by atoms with van der Waals surface area (Å²) in [6, 6.07) is 46.2. The van der Waals surface area contributed by atoms with E-state index in [2.05, 4.69) is 60.2 Å². The van der Waals surface area contributed by atoms with Gasteiger partial charge in [-0.15, -0.1) is 0 Å². The largest absolute Gasteiger partial charge is 1.00 e. The Morgan fingerprint density at radius 1 is 0.500 bits per heavy atom. The van der Waals surface area contributed by atoms with Gasteiger partial charge in [-0.25, -0.2) is 18.6 Å². The van der Waals surface area contributed by atoms with E-state index < -0.39 is 104 Å². The maximum absolute atomic E-state index is 12.8. The molecular formula is C66H75Cl2N12NaO13S2. The molecule has 4 aliphatic rings. The number of azide groups is 1. The van der Waals surface area contributed by atoms with E-state index in [1.54, 1.807) is 25.7 Å². The topological polar surface area (TPSA) is 324 Å². The summed E-state index contributed by atoms with van der Waals surface area (Å²) in [7, 11) is 7.36. The molecule has 10 atom stereocenters. The summed E-state index contributed by atoms with van der Waals surface area (Å²) < 4.78 is 55.3. The average Bonchev–Trinajstić information content (AvgIpc) is 1.60. The number of β-amino-alcohol motifs (C(OH)–C–C–N with tert-alkyl or cyclic N) is 1. The van der Waals surface area contributed by atoms with Crippen molar-refractivity contribution in [3.8, 4) is 0 Å². The number of aromatic nitrogens is 3. The molecule has 4 saturated heterocycles. The Kier molecular flexibility index (Phi) is 24.5. The SMILES string of the molecule is CC(C)(C)OC(=O)N1C[C@@H](O)[C@@H](O)[C@H](n2c3ccccc3c3ccccc32)C1.CC(C)(C)OC(=O)N1C[C@@H](n2c3ccccc3c3ccccc32)[C@@H]2OS(=O)O[C@@H]2C1.CC(C)(C)OC(=O)N1C[C@H](N=[N+]=[N-])[C@@H](O)[C@H](n2c3ccccc3c3ccccc32)C1.O=S(Cl)Cl.[N-]=[N+]=[N-].[Na+]. The van der Waals surface area contributed by atoms with Crippen LogP contribution >= 0.6 is 21.4 Å². The van der Waals surface area contributed by atoms with Crippen LogP contribution in [0.25, 0.3) is 91.8 Å². The Morgan fingerprint density at radius 3 is 1.10 bits per heavy atom. The number of carbonyl (C=O) groups is 3. The van der Waals surface area contributed by atoms with Gasteiger partial charge in [0.15, 0.2) is 0 Å². The molecular weight excluding hydrogens is 1330 g/mol. The maximum Gasteiger partial charge on any atom is 1.00 e. The van der Waals surface area contributed by atoms with Gasteiger partial charge in [0.05, 0.1) is 49.5 Å². The van der Waals surface area contributed by atoms with Crippen LogP contribution in [-0.4, -0.2) is 163 Å². The van der Waals surface area contributed by atoms with E-state index in [0.717, 1.165) is 65.4 Å². The first-order chi connectivity index (χ1) is 45.0. The number of hydrogen-bond donors (Lipinski definition) is 3. The zero-order valence-corrected chi connectivity index (χ0v) is 59.8. The summed E-state index contributed by atoms with van der Waals surface area (Å²) in [5, 5.41) is 42.7. The molecule has 4 fully saturated rings. The molecule has 3 aromatic heterocycles. The van der Waals surface area contributed by atoms with Crippen LogP contribution in [0.4, 0.5) is 14.4 Å². The molecule has 0 saturated carbocycles. The van der Waals surface area contributed by atoms with Crippen LogP contribution < -0.4 is 29.6 Å². The van der Waals surface area contributed by atoms with E-state index >= 15 is 0 Å². The van der Waals surface area contributed by atoms with Gasteiger partial charge in [-0.2, -0.15) is 4.21 Å². The third-order valence-corrected chi connectivity index (χ3v) is 16.9. The van der Waals surface area contributed by atoms with Crippen LogP contribution in [0.2, 0.25) is 0 Å². The molecule has 3 N–H and O–H groups in total. The molecule has 30 heteroatoms. The standard InChI is InChI=1S/C22H25N5O3.C22H24N2O5S.C22H26N2O4.Cl2OS.N3.Na/c1-22(2,3)30-21(29)26-12-16(24-25-23)20(28)19(13-26)27-17-10-6-4-8-14(17)15-9-5-7-11-18(15)27;1-22(2,3)27-21(25)23-12-18(20-19(13-23)28-30(26)29-20)24-16-10-6-4-8-14(16)15-9-5-7-11-17(15)24;1-22(2,3)28-21(27)23-12-18(20(26)19(25)13-23)24-16-10-6-4-8-14(16)15-9-5-7-11-17(15)24;1-4(2)3;1-3-2;/h4-11,16,19-20,28H,12-13H2,1-3H3;4-11,18-20H,12-13H2,1-3H3;4-11,18-20,25-26H,12-13H2,1-3H3;;;/q;;;;-1;+1/t16-,19+,20+;18-,19-,20+,30?;18-,19-,20+;;;/m011.../s1. The van der Waals surface area contributed by atoms with Crippen molar-refractivity contribution < 1.29 is 90.3 Å². The number of carbonyl (C=O) groups excluding carboxylic acids is 3. The minimum atomic E-state index is -1.83. The van der Waals surface area contributed by atoms with E-state index in [-0.39, 0.29) is 68.3 Å². The van der Waals surface area contributed by atoms with E-state index in [1.165, 1.54) is 14.7 Å². The number of amides is 3. The first-order valence-electron chi connectivity index (χ1n) is 30.5. The number of likely N-dealkylation sites (tertiary alicyclic amines) is 3. The monoisotopic (exact) mass is 1400 g/mol. The summed E-state index contributed by atoms with van der Waals surface area (Å²) in [5.74, 6) is 0. The summed E-state index contributed by atoms with van der Waals surface area (Å²) in [4.78, 5) is 47.3. The second-order valence-corrected chi connectivity index (χ2v) is 29.4. The van der Waals surface area contributed by atoms with Crippen molar-refractivity contribution in [3.05, 3.63) is 172 Å². The number of nitrogens with zero attached hydrogens (tertiary/aromatic N) is 12. The van der Waals surface area contributed by atoms with Gasteiger partial charge < -0.3 is 69.0 Å². The van der Waals surface area contributed by atoms with Gasteiger partial charge in [-0.1, -0.05) is 114 Å². The van der Waals surface area contributed by atoms with Gasteiger partial charge in [-0.05, 0) is 104 Å². The van der Waals surface area contributed by atoms with Gasteiger partial charge in [0.25, 0.3) is 0 Å². The van der Waals surface area contributed by atoms with E-state index in [9.17, 15) is 33.9 Å². The number of benzene rings is 6. The quantitative estimate of drug-likeness (QED) is 0.0369. The van der Waals surface area contributed by atoms with Gasteiger partial charge in [-0.3, -0.25) is 13.3 Å². The second-order valence-electron chi connectivity index (χ2n) is 26.1. The van der Waals surface area contributed by atoms with Gasteiger partial charge in [0, 0.05) is 118 Å². The summed E-state index contributed by atoms with van der Waals surface area (Å²) >= 11 is -1.83. The molecule has 0 aliphatic carbocycles. The molecule has 0 spiro atoms. The fourth-order valence-corrected chi connectivity index (χ4v) is 13.5. The number of aliphatic hydroxyl groups excluding tert-OH is 3. The summed E-state index contributed by atoms with van der Waals surface area (Å²) in [5.41, 5.74) is 26.5. The zero-order chi connectivity index (χ0) is 68.8. The average molecular weight is 1400 g/mol. The number of halogens is 2. The number of aliphatic hydroxyl groups is 3. The Bertz CT molecular complexity index is 4250. The molecule has 6 aromatic carbocycles. The van der Waals surface area contributed by atoms with E-state index in [4.69, 9.17) is 43.4 Å². The summed E-state index contributed by atoms with van der Waals surface area (Å²) in [6.45, 7) is 17.7. The molecule has 96 heavy (non-hydrogen) atoms. The van der Waals surface area contributed by atoms with Gasteiger partial charge >= 0.3 is 59.2 Å². The molecule has 504 valence electrons. The second kappa shape index (κ2) is 31.6. The van der Waals surface area contributed by atoms with E-state index in [1.807, 2.05) is 172 Å². The predicted octanol–water partition coefficient (Wildman–Crippen LogP) is 10.8. The molecule has 4 aliphatic heterocycles. The third-order valence-electron chi connectivity index (χ3n) is 16.2. The smallest absolute Gasteiger partial charge is 0.444 e. The zero-order valence-electron chi connectivity index (χ0n) is 54.7. The minimum absolute atomic E-state index is 0. The van der Waals surface area contributed by atoms with Crippen molar-refractivity contribution in [2.75, 3.05) is 39.3 Å². The molecule has 7 heterocycles. The normalized spacial score (nSPS) is 22.6. The van der Waals surface area contributed by atoms with Gasteiger partial charge in [0.1, 0.15) is 35.1 Å². The van der Waals surface area contributed by atoms with E-state index in [0.29, 0.717) is 6.54 Å². The molecule has 0 bridgehead atoms. The first-order valence-corrected chi connectivity index (χ1v) is 34.3. The van der Waals surface area contributed by atoms with Crippen molar-refractivity contribution in [1.82, 2.24) is 28.4 Å². The first kappa shape index (κ1) is 74.6. The molecule has 0 radical (unpaired) electrons. The Labute approximate surface area is 590 Å². The molecule has 25 nitrogen and oxygen atoms in total. The number of para-hydroxylation sites is 6. The number of fused-ring (bicyclic) bond motifs is 10. The van der Waals surface area contributed by atoms with Crippen molar-refractivity contribution in [2.45, 2.75) is 134 Å². The predicted molar refractivity (Wildman–Crippen MR) is 368 cm³/mol. The Hall–Kier alpha value is -7.17. The minimum Gasteiger partial charge on any atom is -0.444 e. The van der Waals surface area contributed by atoms with Crippen LogP contribution in [0.3, 0.4) is 0 Å². The van der Waals surface area contributed by atoms with Crippen LogP contribution in [0.15, 0.2) is 151 Å². The molecule has 9 aromatic rings. The van der Waals surface area contributed by atoms with Crippen LogP contribution in [-0.2, 0) is 43.2 Å². The molecule has 3 amide bonds. The van der Waals surface area contributed by atoms with Crippen LogP contribution in [0, 0.1) is 0 Å². The molecule has 1 unspecified atom stereocenters. The number of ether oxygens (including phenoxy) is 3. The van der Waals surface area contributed by atoms with Crippen LogP contribution in [0.1, 0.15) is 80.4 Å². The maximum atomic E-state index is 12.8. The van der Waals surface area contributed by atoms with Crippen molar-refractivity contribution in [3.63, 3.8) is 0 Å². The van der Waals surface area contributed by atoms with Crippen molar-refractivity contribution in [2.24, 2.45) is 5.11 Å². The summed E-state index contributed by atoms with van der Waals surface area (Å²) in [6.07, 6.45) is -5.28. The third kappa shape index (κ3) is 17.2. The number of piperidine rings is 3. The molecule has 13 rings (SSSR count). The number of hydrogen-bond acceptors (Lipinski definition) is 14. The Morgan fingerprint density at radius 2 is 0.781 bits per heavy atom.